The van der Waals surface area contributed by atoms with Gasteiger partial charge in [-0.15, -0.1) is 0 Å². The van der Waals surface area contributed by atoms with E-state index < -0.39 is 0 Å². The van der Waals surface area contributed by atoms with Crippen molar-refractivity contribution in [1.29, 1.82) is 0 Å². The molecule has 0 N–H and O–H groups in total. The highest BCUT2D eigenvalue weighted by molar-refractivity contribution is 9.10. The third-order valence-electron chi connectivity index (χ3n) is 4.86. The average Bonchev–Trinajstić information content (AvgIpc) is 3.09. The molecule has 0 aliphatic carbocycles. The molecule has 0 spiro atoms. The van der Waals surface area contributed by atoms with Crippen LogP contribution in [0.4, 0.5) is 0 Å². The van der Waals surface area contributed by atoms with Gasteiger partial charge in [0.2, 0.25) is 0 Å². The molecule has 1 aliphatic rings. The molecule has 4 rings (SSSR count). The van der Waals surface area contributed by atoms with Crippen LogP contribution in [0.5, 0.6) is 11.5 Å². The van der Waals surface area contributed by atoms with Gasteiger partial charge < -0.3 is 14.4 Å². The number of hydrogen-bond donors (Lipinski definition) is 0. The Hall–Kier alpha value is -2.61. The van der Waals surface area contributed by atoms with E-state index in [-0.39, 0.29) is 11.9 Å². The lowest BCUT2D eigenvalue weighted by Crippen LogP contribution is -2.42. The number of carbonyl (C=O) groups excluding carboxylic acids is 1. The number of hydrogen-bond acceptors (Lipinski definition) is 5. The van der Waals surface area contributed by atoms with E-state index in [9.17, 15) is 4.79 Å². The lowest BCUT2D eigenvalue weighted by atomic mass is 9.94. The number of carbonyl (C=O) groups is 1. The van der Waals surface area contributed by atoms with Crippen molar-refractivity contribution in [3.63, 3.8) is 0 Å². The Labute approximate surface area is 165 Å². The van der Waals surface area contributed by atoms with Crippen molar-refractivity contribution >= 4 is 27.5 Å². The zero-order valence-electron chi connectivity index (χ0n) is 15.3. The summed E-state index contributed by atoms with van der Waals surface area (Å²) in [7, 11) is 3.24. The summed E-state index contributed by atoms with van der Waals surface area (Å²) in [6.07, 6.45) is 4.22. The van der Waals surface area contributed by atoms with Gasteiger partial charge in [-0.2, -0.15) is 5.10 Å². The second-order valence-corrected chi connectivity index (χ2v) is 7.48. The number of fused-ring (bicyclic) bond motifs is 2. The number of methoxy groups -OCH3 is 2. The smallest absolute Gasteiger partial charge is 0.275 e. The lowest BCUT2D eigenvalue weighted by Gasteiger charge is -2.35. The topological polar surface area (TPSA) is 69.0 Å². The molecule has 0 saturated carbocycles. The number of amides is 1. The Kier molecular flexibility index (Phi) is 4.51. The van der Waals surface area contributed by atoms with Crippen LogP contribution in [0.15, 0.2) is 35.1 Å². The molecule has 0 radical (unpaired) electrons. The number of rotatable bonds is 3. The Morgan fingerprint density at radius 1 is 1.19 bits per heavy atom. The summed E-state index contributed by atoms with van der Waals surface area (Å²) in [5.41, 5.74) is 3.25. The number of halogens is 1. The highest BCUT2D eigenvalue weighted by Gasteiger charge is 2.30. The molecule has 1 amide bonds. The zero-order chi connectivity index (χ0) is 19.1. The summed E-state index contributed by atoms with van der Waals surface area (Å²) in [5, 5.41) is 4.39. The molecule has 0 fully saturated rings. The van der Waals surface area contributed by atoms with Gasteiger partial charge in [0, 0.05) is 31.0 Å². The standard InChI is InChI=1S/C19H19BrN4O3/c1-11-4-12-5-16(26-2)17(27-3)6-13(12)9-23(11)19(25)15-7-18-21-8-14(20)10-24(18)22-15/h5-8,10-11H,4,9H2,1-3H3. The van der Waals surface area contributed by atoms with Crippen LogP contribution in [0.1, 0.15) is 28.5 Å². The number of aromatic nitrogens is 3. The second kappa shape index (κ2) is 6.84. The second-order valence-electron chi connectivity index (χ2n) is 6.57. The predicted molar refractivity (Wildman–Crippen MR) is 103 cm³/mol. The van der Waals surface area contributed by atoms with E-state index in [0.717, 1.165) is 16.5 Å². The molecule has 1 aromatic carbocycles. The summed E-state index contributed by atoms with van der Waals surface area (Å²) < 4.78 is 13.2. The minimum absolute atomic E-state index is 0.0487. The van der Waals surface area contributed by atoms with E-state index in [1.807, 2.05) is 24.0 Å². The zero-order valence-corrected chi connectivity index (χ0v) is 16.9. The van der Waals surface area contributed by atoms with Gasteiger partial charge in [0.15, 0.2) is 22.8 Å². The first kappa shape index (κ1) is 17.8. The normalized spacial score (nSPS) is 16.3. The van der Waals surface area contributed by atoms with Gasteiger partial charge in [-0.1, -0.05) is 0 Å². The molecule has 8 heteroatoms. The summed E-state index contributed by atoms with van der Waals surface area (Å²) >= 11 is 3.37. The first-order chi connectivity index (χ1) is 13.0. The van der Waals surface area contributed by atoms with Crippen molar-refractivity contribution in [2.24, 2.45) is 0 Å². The van der Waals surface area contributed by atoms with E-state index >= 15 is 0 Å². The van der Waals surface area contributed by atoms with Gasteiger partial charge in [0.25, 0.3) is 5.91 Å². The molecule has 1 atom stereocenters. The van der Waals surface area contributed by atoms with E-state index in [1.54, 1.807) is 37.2 Å². The Bertz CT molecular complexity index is 1030. The van der Waals surface area contributed by atoms with Crippen molar-refractivity contribution in [3.05, 3.63) is 51.9 Å². The molecule has 140 valence electrons. The molecule has 1 unspecified atom stereocenters. The van der Waals surface area contributed by atoms with Crippen LogP contribution in [-0.2, 0) is 13.0 Å². The maximum Gasteiger partial charge on any atom is 0.275 e. The van der Waals surface area contributed by atoms with Crippen molar-refractivity contribution in [3.8, 4) is 11.5 Å². The van der Waals surface area contributed by atoms with E-state index in [4.69, 9.17) is 9.47 Å². The molecular formula is C19H19BrN4O3. The van der Waals surface area contributed by atoms with E-state index in [2.05, 4.69) is 26.0 Å². The van der Waals surface area contributed by atoms with Gasteiger partial charge in [0.05, 0.1) is 18.7 Å². The molecule has 3 heterocycles. The van der Waals surface area contributed by atoms with Crippen LogP contribution in [0.25, 0.3) is 5.65 Å². The molecule has 0 bridgehead atoms. The Morgan fingerprint density at radius 2 is 1.89 bits per heavy atom. The summed E-state index contributed by atoms with van der Waals surface area (Å²) in [6, 6.07) is 5.71. The fourth-order valence-electron chi connectivity index (χ4n) is 3.45. The van der Waals surface area contributed by atoms with Gasteiger partial charge >= 0.3 is 0 Å². The number of benzene rings is 1. The van der Waals surface area contributed by atoms with Crippen LogP contribution in [0, 0.1) is 0 Å². The van der Waals surface area contributed by atoms with Crippen LogP contribution in [0.3, 0.4) is 0 Å². The summed E-state index contributed by atoms with van der Waals surface area (Å²) in [6.45, 7) is 2.54. The Balaban J connectivity index is 1.66. The molecule has 7 nitrogen and oxygen atoms in total. The first-order valence-electron chi connectivity index (χ1n) is 8.56. The van der Waals surface area contributed by atoms with Crippen molar-refractivity contribution in [2.75, 3.05) is 14.2 Å². The highest BCUT2D eigenvalue weighted by Crippen LogP contribution is 2.35. The monoisotopic (exact) mass is 430 g/mol. The van der Waals surface area contributed by atoms with Crippen LogP contribution < -0.4 is 9.47 Å². The Morgan fingerprint density at radius 3 is 2.59 bits per heavy atom. The maximum atomic E-state index is 13.1. The van der Waals surface area contributed by atoms with Gasteiger partial charge in [0.1, 0.15) is 0 Å². The minimum atomic E-state index is -0.107. The minimum Gasteiger partial charge on any atom is -0.493 e. The fraction of sp³-hybridized carbons (Fsp3) is 0.316. The first-order valence-corrected chi connectivity index (χ1v) is 9.35. The molecular weight excluding hydrogens is 412 g/mol. The third-order valence-corrected chi connectivity index (χ3v) is 5.27. The average molecular weight is 431 g/mol. The summed E-state index contributed by atoms with van der Waals surface area (Å²) in [5.74, 6) is 1.27. The van der Waals surface area contributed by atoms with Crippen molar-refractivity contribution in [1.82, 2.24) is 19.5 Å². The van der Waals surface area contributed by atoms with Crippen LogP contribution in [-0.4, -0.2) is 45.7 Å². The maximum absolute atomic E-state index is 13.1. The van der Waals surface area contributed by atoms with Crippen LogP contribution in [0.2, 0.25) is 0 Å². The van der Waals surface area contributed by atoms with Gasteiger partial charge in [-0.25, -0.2) is 9.50 Å². The van der Waals surface area contributed by atoms with E-state index in [0.29, 0.717) is 29.4 Å². The fourth-order valence-corrected chi connectivity index (χ4v) is 3.74. The van der Waals surface area contributed by atoms with Crippen molar-refractivity contribution in [2.45, 2.75) is 25.9 Å². The van der Waals surface area contributed by atoms with Crippen LogP contribution >= 0.6 is 15.9 Å². The SMILES string of the molecule is COc1cc2c(cc1OC)CN(C(=O)c1cc3ncc(Br)cn3n1)C(C)C2. The lowest BCUT2D eigenvalue weighted by molar-refractivity contribution is 0.0651. The summed E-state index contributed by atoms with van der Waals surface area (Å²) in [4.78, 5) is 19.2. The largest absolute Gasteiger partial charge is 0.493 e. The number of nitrogens with zero attached hydrogens (tertiary/aromatic N) is 4. The third kappa shape index (κ3) is 3.14. The van der Waals surface area contributed by atoms with Crippen molar-refractivity contribution < 1.29 is 14.3 Å². The molecule has 3 aromatic rings. The van der Waals surface area contributed by atoms with Gasteiger partial charge in [-0.05, 0) is 52.5 Å². The molecule has 2 aromatic heterocycles. The molecule has 27 heavy (non-hydrogen) atoms. The molecule has 1 aliphatic heterocycles. The molecule has 0 saturated heterocycles. The quantitative estimate of drug-likeness (QED) is 0.638. The predicted octanol–water partition coefficient (Wildman–Crippen LogP) is 3.10. The van der Waals surface area contributed by atoms with Gasteiger partial charge in [-0.3, -0.25) is 4.79 Å². The highest BCUT2D eigenvalue weighted by atomic mass is 79.9. The number of ether oxygens (including phenoxy) is 2. The van der Waals surface area contributed by atoms with E-state index in [1.165, 1.54) is 5.56 Å².